The molecular formula is C42H58AcF2O4. The van der Waals surface area contributed by atoms with Gasteiger partial charge in [0.2, 0.25) is 0 Å². The fourth-order valence-electron chi connectivity index (χ4n) is 16.5. The van der Waals surface area contributed by atoms with Crippen molar-refractivity contribution in [3.63, 3.8) is 0 Å². The van der Waals surface area contributed by atoms with E-state index in [4.69, 9.17) is 0 Å². The van der Waals surface area contributed by atoms with E-state index in [1.165, 1.54) is 24.0 Å². The van der Waals surface area contributed by atoms with Crippen molar-refractivity contribution in [2.45, 2.75) is 129 Å². The van der Waals surface area contributed by atoms with Crippen molar-refractivity contribution >= 4 is 11.6 Å². The number of aliphatic hydroxyl groups excluding tert-OH is 2. The van der Waals surface area contributed by atoms with Gasteiger partial charge >= 0.3 is 0 Å². The Morgan fingerprint density at radius 3 is 1.43 bits per heavy atom. The standard InChI is InChI=1S/2C21H29FO2.Ac/c2*1-12-7-13-8-15(24)3-4-16(13)17-5-6-19(2)20(22,11-23)9-14-10-21(14,19)18(12)17;/h2*8,12,14,16-18,23H,3-7,9-11H2,1-2H3;/t2*12-,14+,16+,17-,18-,19-,20-,21-;/m11./s1. The number of ketones is 2. The molecule has 2 N–H and O–H groups in total. The quantitative estimate of drug-likeness (QED) is 0.294. The minimum Gasteiger partial charge on any atom is -0.393 e. The third-order valence-electron chi connectivity index (χ3n) is 18.5. The van der Waals surface area contributed by atoms with Crippen LogP contribution in [0, 0.1) is 125 Å². The van der Waals surface area contributed by atoms with Crippen LogP contribution in [0.25, 0.3) is 0 Å². The van der Waals surface area contributed by atoms with Gasteiger partial charge in [-0.1, -0.05) is 38.8 Å². The number of carbonyl (C=O) groups is 2. The third-order valence-corrected chi connectivity index (χ3v) is 18.5. The number of hydrogen-bond acceptors (Lipinski definition) is 4. The fourth-order valence-corrected chi connectivity index (χ4v) is 16.5. The van der Waals surface area contributed by atoms with E-state index >= 15 is 8.78 Å². The number of rotatable bonds is 2. The molecule has 0 aliphatic heterocycles. The van der Waals surface area contributed by atoms with Crippen LogP contribution >= 0.6 is 0 Å². The zero-order valence-electron chi connectivity index (χ0n) is 30.3. The maximum Gasteiger partial charge on any atom is 0.155 e. The van der Waals surface area contributed by atoms with Crippen LogP contribution in [0.1, 0.15) is 118 Å². The Hall–Kier alpha value is 0.0416. The number of carbonyl (C=O) groups excluding carboxylic acids is 2. The number of aliphatic hydroxyl groups is 2. The summed E-state index contributed by atoms with van der Waals surface area (Å²) in [5, 5.41) is 19.6. The Morgan fingerprint density at radius 2 is 1.06 bits per heavy atom. The normalized spacial score (nSPS) is 57.1. The predicted molar refractivity (Wildman–Crippen MR) is 180 cm³/mol. The largest absolute Gasteiger partial charge is 0.393 e. The van der Waals surface area contributed by atoms with Crippen molar-refractivity contribution in [1.82, 2.24) is 0 Å². The van der Waals surface area contributed by atoms with E-state index in [2.05, 4.69) is 27.7 Å². The van der Waals surface area contributed by atoms with Gasteiger partial charge < -0.3 is 10.2 Å². The second-order valence-electron chi connectivity index (χ2n) is 19.7. The van der Waals surface area contributed by atoms with Crippen LogP contribution in [-0.2, 0) is 9.59 Å². The van der Waals surface area contributed by atoms with Crippen LogP contribution in [0.4, 0.5) is 8.78 Å². The van der Waals surface area contributed by atoms with Crippen LogP contribution in [0.15, 0.2) is 23.3 Å². The summed E-state index contributed by atoms with van der Waals surface area (Å²) in [6.45, 7) is 8.35. The molecule has 16 atom stereocenters. The molecule has 2 spiro atoms. The minimum absolute atomic E-state index is 0. The molecule has 10 aliphatic rings. The van der Waals surface area contributed by atoms with E-state index in [9.17, 15) is 19.8 Å². The van der Waals surface area contributed by atoms with Crippen LogP contribution in [-0.4, -0.2) is 46.3 Å². The summed E-state index contributed by atoms with van der Waals surface area (Å²) in [7, 11) is 0. The van der Waals surface area contributed by atoms with Crippen molar-refractivity contribution in [1.29, 1.82) is 0 Å². The minimum atomic E-state index is -1.38. The first kappa shape index (κ1) is 36.0. The summed E-state index contributed by atoms with van der Waals surface area (Å²) in [4.78, 5) is 23.7. The van der Waals surface area contributed by atoms with E-state index in [-0.39, 0.29) is 78.9 Å². The first-order chi connectivity index (χ1) is 22.7. The molecule has 0 saturated heterocycles. The first-order valence-corrected chi connectivity index (χ1v) is 19.8. The summed E-state index contributed by atoms with van der Waals surface area (Å²) in [5.74, 6) is 6.19. The second kappa shape index (κ2) is 11.5. The van der Waals surface area contributed by atoms with Crippen molar-refractivity contribution in [2.75, 3.05) is 13.2 Å². The van der Waals surface area contributed by atoms with Gasteiger partial charge in [-0.25, -0.2) is 8.78 Å². The van der Waals surface area contributed by atoms with E-state index in [0.717, 1.165) is 51.4 Å². The van der Waals surface area contributed by atoms with Gasteiger partial charge in [0.15, 0.2) is 11.6 Å². The van der Waals surface area contributed by atoms with Gasteiger partial charge in [0.05, 0.1) is 13.2 Å². The number of halogens is 2. The average Bonchev–Trinajstić information content (AvgIpc) is 3.92. The van der Waals surface area contributed by atoms with Crippen molar-refractivity contribution in [3.8, 4) is 0 Å². The van der Waals surface area contributed by atoms with Crippen LogP contribution in [0.3, 0.4) is 0 Å². The Bertz CT molecular complexity index is 1400. The number of allylic oxidation sites excluding steroid dienone is 2. The van der Waals surface area contributed by atoms with Crippen molar-refractivity contribution < 1.29 is 72.6 Å². The van der Waals surface area contributed by atoms with Gasteiger partial charge in [-0.15, -0.1) is 0 Å². The molecule has 0 bridgehead atoms. The van der Waals surface area contributed by atoms with Gasteiger partial charge in [0.25, 0.3) is 0 Å². The zero-order valence-corrected chi connectivity index (χ0v) is 35.0. The molecular weight excluding hydrogens is 833 g/mol. The predicted octanol–water partition coefficient (Wildman–Crippen LogP) is 8.15. The Morgan fingerprint density at radius 1 is 0.673 bits per heavy atom. The second-order valence-corrected chi connectivity index (χ2v) is 19.7. The Balaban J connectivity index is 0.000000139. The average molecular weight is 892 g/mol. The molecule has 8 saturated carbocycles. The third kappa shape index (κ3) is 4.41. The number of alkyl halides is 2. The zero-order chi connectivity index (χ0) is 33.8. The molecule has 267 valence electrons. The van der Waals surface area contributed by atoms with E-state index in [0.29, 0.717) is 96.4 Å². The van der Waals surface area contributed by atoms with Gasteiger partial charge in [-0.2, -0.15) is 0 Å². The number of hydrogen-bond donors (Lipinski definition) is 2. The summed E-state index contributed by atoms with van der Waals surface area (Å²) >= 11 is 0. The van der Waals surface area contributed by atoms with Crippen LogP contribution in [0.5, 0.6) is 0 Å². The smallest absolute Gasteiger partial charge is 0.155 e. The molecule has 0 aromatic rings. The van der Waals surface area contributed by atoms with Gasteiger partial charge in [-0.3, -0.25) is 9.59 Å². The summed E-state index contributed by atoms with van der Waals surface area (Å²) in [5.41, 5.74) is -0.410. The first-order valence-electron chi connectivity index (χ1n) is 19.8. The van der Waals surface area contributed by atoms with Gasteiger partial charge in [0, 0.05) is 67.7 Å². The molecule has 0 heterocycles. The molecule has 0 amide bonds. The molecule has 7 heteroatoms. The molecule has 49 heavy (non-hydrogen) atoms. The molecule has 8 fully saturated rings. The van der Waals surface area contributed by atoms with Crippen molar-refractivity contribution in [3.05, 3.63) is 23.3 Å². The molecule has 0 unspecified atom stereocenters. The molecule has 10 aliphatic carbocycles. The fraction of sp³-hybridized carbons (Fsp3) is 0.857. The van der Waals surface area contributed by atoms with Gasteiger partial charge in [-0.05, 0) is 159 Å². The Kier molecular flexibility index (Phi) is 8.48. The van der Waals surface area contributed by atoms with Crippen LogP contribution in [0.2, 0.25) is 0 Å². The molecule has 0 aromatic heterocycles. The topological polar surface area (TPSA) is 74.6 Å². The Labute approximate surface area is 328 Å². The molecule has 4 nitrogen and oxygen atoms in total. The van der Waals surface area contributed by atoms with E-state index in [1.807, 2.05) is 12.2 Å². The summed E-state index contributed by atoms with van der Waals surface area (Å²) in [6.07, 6.45) is 16.8. The molecule has 10 rings (SSSR count). The summed E-state index contributed by atoms with van der Waals surface area (Å²) in [6, 6.07) is 0. The maximum absolute atomic E-state index is 15.6. The maximum atomic E-state index is 15.6. The molecule has 0 aromatic carbocycles. The van der Waals surface area contributed by atoms with Gasteiger partial charge in [0.1, 0.15) is 11.3 Å². The summed E-state index contributed by atoms with van der Waals surface area (Å²) < 4.78 is 31.2. The van der Waals surface area contributed by atoms with Crippen molar-refractivity contribution in [2.24, 2.45) is 80.8 Å². The van der Waals surface area contributed by atoms with E-state index < -0.39 is 11.3 Å². The molecule has 1 radical (unpaired) electrons. The van der Waals surface area contributed by atoms with E-state index in [1.54, 1.807) is 0 Å². The SMILES string of the molecule is C[C@@H]1CC2=CC(=O)CC[C@@H]2[C@H]2CC[C@]3(C)[C@](F)(CO)C[C@H]4C[C@]43[C@@H]21.C[C@@H]1CC2=CC(=O)CC[C@@H]2[C@H]2CC[C@]3(C)[C@](F)(CO)C[C@H]4C[C@]43[C@@H]21.[Ac]. The van der Waals surface area contributed by atoms with Crippen LogP contribution < -0.4 is 0 Å². The monoisotopic (exact) mass is 891 g/mol. The number of fused-ring (bicyclic) bond motifs is 6.